The SMILES string of the molecule is CCN1C2C(S(=O)(=O)c3ccc(C)cc3)=NCN2c2ccccc2S1(=O)=O. The van der Waals surface area contributed by atoms with Crippen molar-refractivity contribution in [2.45, 2.75) is 29.8 Å². The molecule has 7 nitrogen and oxygen atoms in total. The van der Waals surface area contributed by atoms with E-state index in [1.54, 1.807) is 42.2 Å². The quantitative estimate of drug-likeness (QED) is 0.763. The van der Waals surface area contributed by atoms with Gasteiger partial charge in [-0.2, -0.15) is 4.31 Å². The van der Waals surface area contributed by atoms with E-state index in [0.717, 1.165) is 5.56 Å². The molecule has 1 atom stereocenters. The van der Waals surface area contributed by atoms with Gasteiger partial charge in [0, 0.05) is 6.54 Å². The number of aliphatic imine (C=N–C) groups is 1. The molecule has 2 aromatic carbocycles. The Morgan fingerprint density at radius 2 is 1.78 bits per heavy atom. The molecule has 2 aromatic rings. The fourth-order valence-electron chi connectivity index (χ4n) is 3.50. The summed E-state index contributed by atoms with van der Waals surface area (Å²) in [4.78, 5) is 6.27. The smallest absolute Gasteiger partial charge is 0.247 e. The van der Waals surface area contributed by atoms with Gasteiger partial charge in [0.25, 0.3) is 0 Å². The van der Waals surface area contributed by atoms with Gasteiger partial charge in [0.1, 0.15) is 11.6 Å². The summed E-state index contributed by atoms with van der Waals surface area (Å²) in [6, 6.07) is 13.1. The number of rotatable bonds is 2. The van der Waals surface area contributed by atoms with Crippen LogP contribution in [0.2, 0.25) is 0 Å². The summed E-state index contributed by atoms with van der Waals surface area (Å²) in [7, 11) is -7.74. The Morgan fingerprint density at radius 3 is 2.44 bits per heavy atom. The van der Waals surface area contributed by atoms with E-state index in [2.05, 4.69) is 4.99 Å². The predicted molar refractivity (Wildman–Crippen MR) is 103 cm³/mol. The van der Waals surface area contributed by atoms with Crippen LogP contribution in [0.1, 0.15) is 12.5 Å². The van der Waals surface area contributed by atoms with E-state index in [1.165, 1.54) is 22.5 Å². The number of hydrogen-bond acceptors (Lipinski definition) is 6. The molecular weight excluding hydrogens is 386 g/mol. The van der Waals surface area contributed by atoms with Crippen LogP contribution in [0.4, 0.5) is 5.69 Å². The van der Waals surface area contributed by atoms with Crippen LogP contribution in [-0.4, -0.2) is 45.6 Å². The highest BCUT2D eigenvalue weighted by atomic mass is 32.2. The number of benzene rings is 2. The summed E-state index contributed by atoms with van der Waals surface area (Å²) in [5.41, 5.74) is 1.42. The highest BCUT2D eigenvalue weighted by Crippen LogP contribution is 2.40. The van der Waals surface area contributed by atoms with Crippen LogP contribution in [0.25, 0.3) is 0 Å². The van der Waals surface area contributed by atoms with Crippen molar-refractivity contribution in [3.8, 4) is 0 Å². The summed E-state index contributed by atoms with van der Waals surface area (Å²) in [5, 5.41) is -0.133. The van der Waals surface area contributed by atoms with Crippen LogP contribution < -0.4 is 4.90 Å². The Balaban J connectivity index is 1.87. The molecule has 2 aliphatic rings. The minimum atomic E-state index is -3.92. The summed E-state index contributed by atoms with van der Waals surface area (Å²) in [6.07, 6.45) is -0.971. The molecular formula is C18H19N3O4S2. The maximum Gasteiger partial charge on any atom is 0.247 e. The molecule has 0 saturated carbocycles. The van der Waals surface area contributed by atoms with E-state index in [0.29, 0.717) is 5.69 Å². The number of sulfonamides is 1. The number of aryl methyl sites for hydroxylation is 1. The first-order valence-electron chi connectivity index (χ1n) is 8.52. The molecule has 27 heavy (non-hydrogen) atoms. The fourth-order valence-corrected chi connectivity index (χ4v) is 6.83. The second kappa shape index (κ2) is 6.15. The lowest BCUT2D eigenvalue weighted by Gasteiger charge is -2.40. The number of hydrogen-bond donors (Lipinski definition) is 0. The van der Waals surface area contributed by atoms with E-state index in [1.807, 2.05) is 6.92 Å². The largest absolute Gasteiger partial charge is 0.328 e. The standard InChI is InChI=1S/C18H19N3O4S2/c1-3-21-18-17(26(22,23)14-10-8-13(2)9-11-14)19-12-20(18)15-6-4-5-7-16(15)27(21,24)25/h4-11,18H,3,12H2,1-2H3. The molecule has 142 valence electrons. The van der Waals surface area contributed by atoms with Gasteiger partial charge in [-0.05, 0) is 31.2 Å². The van der Waals surface area contributed by atoms with Crippen molar-refractivity contribution in [3.63, 3.8) is 0 Å². The zero-order valence-electron chi connectivity index (χ0n) is 14.9. The number of sulfone groups is 1. The molecule has 0 radical (unpaired) electrons. The number of para-hydroxylation sites is 1. The Labute approximate surface area is 158 Å². The minimum absolute atomic E-state index is 0.0914. The predicted octanol–water partition coefficient (Wildman–Crippen LogP) is 2.00. The minimum Gasteiger partial charge on any atom is -0.328 e. The van der Waals surface area contributed by atoms with E-state index in [9.17, 15) is 16.8 Å². The lowest BCUT2D eigenvalue weighted by Crippen LogP contribution is -2.57. The zero-order valence-corrected chi connectivity index (χ0v) is 16.5. The van der Waals surface area contributed by atoms with E-state index in [4.69, 9.17) is 0 Å². The number of anilines is 1. The Kier molecular flexibility index (Phi) is 4.13. The zero-order chi connectivity index (χ0) is 19.4. The summed E-state index contributed by atoms with van der Waals surface area (Å²) >= 11 is 0. The Morgan fingerprint density at radius 1 is 1.11 bits per heavy atom. The van der Waals surface area contributed by atoms with Crippen molar-refractivity contribution in [1.29, 1.82) is 0 Å². The summed E-state index contributed by atoms with van der Waals surface area (Å²) in [5.74, 6) is 0. The second-order valence-corrected chi connectivity index (χ2v) is 10.2. The lowest BCUT2D eigenvalue weighted by molar-refractivity contribution is 0.380. The number of nitrogens with zero attached hydrogens (tertiary/aromatic N) is 3. The van der Waals surface area contributed by atoms with Gasteiger partial charge in [-0.1, -0.05) is 36.8 Å². The average Bonchev–Trinajstić information content (AvgIpc) is 3.08. The van der Waals surface area contributed by atoms with E-state index < -0.39 is 26.0 Å². The molecule has 0 amide bonds. The molecule has 0 bridgehead atoms. The van der Waals surface area contributed by atoms with Crippen molar-refractivity contribution in [2.24, 2.45) is 4.99 Å². The van der Waals surface area contributed by atoms with Gasteiger partial charge in [-0.15, -0.1) is 0 Å². The van der Waals surface area contributed by atoms with Crippen LogP contribution in [0.5, 0.6) is 0 Å². The molecule has 0 spiro atoms. The molecule has 0 N–H and O–H groups in total. The third-order valence-electron chi connectivity index (χ3n) is 4.85. The normalized spacial score (nSPS) is 21.5. The topological polar surface area (TPSA) is 87.1 Å². The molecule has 0 aliphatic carbocycles. The first kappa shape index (κ1) is 18.1. The molecule has 2 heterocycles. The van der Waals surface area contributed by atoms with Crippen molar-refractivity contribution in [1.82, 2.24) is 4.31 Å². The van der Waals surface area contributed by atoms with E-state index >= 15 is 0 Å². The maximum absolute atomic E-state index is 13.2. The van der Waals surface area contributed by atoms with Gasteiger partial charge >= 0.3 is 0 Å². The van der Waals surface area contributed by atoms with Gasteiger partial charge in [0.2, 0.25) is 19.9 Å². The van der Waals surface area contributed by atoms with Crippen molar-refractivity contribution >= 4 is 30.6 Å². The monoisotopic (exact) mass is 405 g/mol. The van der Waals surface area contributed by atoms with Crippen LogP contribution in [0, 0.1) is 6.92 Å². The Bertz CT molecular complexity index is 1140. The molecule has 0 aromatic heterocycles. The third-order valence-corrected chi connectivity index (χ3v) is 8.61. The van der Waals surface area contributed by atoms with Crippen LogP contribution in [0.15, 0.2) is 63.3 Å². The van der Waals surface area contributed by atoms with Gasteiger partial charge in [0.15, 0.2) is 11.2 Å². The molecule has 4 rings (SSSR count). The summed E-state index contributed by atoms with van der Waals surface area (Å²) < 4.78 is 53.8. The Hall–Kier alpha value is -2.23. The maximum atomic E-state index is 13.2. The van der Waals surface area contributed by atoms with Gasteiger partial charge in [0.05, 0.1) is 10.6 Å². The van der Waals surface area contributed by atoms with Gasteiger partial charge < -0.3 is 4.90 Å². The van der Waals surface area contributed by atoms with Crippen LogP contribution >= 0.6 is 0 Å². The molecule has 2 aliphatic heterocycles. The fraction of sp³-hybridized carbons (Fsp3) is 0.278. The number of fused-ring (bicyclic) bond motifs is 3. The van der Waals surface area contributed by atoms with Crippen molar-refractivity contribution in [3.05, 3.63) is 54.1 Å². The average molecular weight is 406 g/mol. The van der Waals surface area contributed by atoms with E-state index in [-0.39, 0.29) is 28.0 Å². The first-order valence-corrected chi connectivity index (χ1v) is 11.4. The molecule has 0 saturated heterocycles. The molecule has 1 unspecified atom stereocenters. The second-order valence-electron chi connectivity index (χ2n) is 6.47. The lowest BCUT2D eigenvalue weighted by atomic mass is 10.2. The van der Waals surface area contributed by atoms with Crippen LogP contribution in [-0.2, 0) is 19.9 Å². The molecule has 0 fully saturated rings. The highest BCUT2D eigenvalue weighted by Gasteiger charge is 2.50. The summed E-state index contributed by atoms with van der Waals surface area (Å²) in [6.45, 7) is 3.79. The molecule has 9 heteroatoms. The van der Waals surface area contributed by atoms with Crippen molar-refractivity contribution < 1.29 is 16.8 Å². The first-order chi connectivity index (χ1) is 12.8. The van der Waals surface area contributed by atoms with Gasteiger partial charge in [-0.3, -0.25) is 4.99 Å². The van der Waals surface area contributed by atoms with Crippen molar-refractivity contribution in [2.75, 3.05) is 18.1 Å². The van der Waals surface area contributed by atoms with Gasteiger partial charge in [-0.25, -0.2) is 16.8 Å². The van der Waals surface area contributed by atoms with Crippen LogP contribution in [0.3, 0.4) is 0 Å². The third kappa shape index (κ3) is 2.60. The highest BCUT2D eigenvalue weighted by molar-refractivity contribution is 8.06.